The fraction of sp³-hybridized carbons (Fsp3) is 0.111. The summed E-state index contributed by atoms with van der Waals surface area (Å²) in [5.41, 5.74) is 0.866. The second-order valence-electron chi connectivity index (χ2n) is 2.98. The Balaban J connectivity index is 2.57. The van der Waals surface area contributed by atoms with Crippen molar-refractivity contribution in [3.63, 3.8) is 0 Å². The lowest BCUT2D eigenvalue weighted by molar-refractivity contribution is 0.0696. The van der Waals surface area contributed by atoms with Gasteiger partial charge in [0.05, 0.1) is 11.9 Å². The monoisotopic (exact) mass is 204 g/mol. The Morgan fingerprint density at radius 3 is 2.87 bits per heavy atom. The van der Waals surface area contributed by atoms with Gasteiger partial charge in [0.1, 0.15) is 5.56 Å². The number of hydrogen-bond acceptors (Lipinski definition) is 4. The van der Waals surface area contributed by atoms with Crippen molar-refractivity contribution in [1.82, 2.24) is 20.0 Å². The largest absolute Gasteiger partial charge is 0.478 e. The number of carboxylic acids is 1. The van der Waals surface area contributed by atoms with Crippen molar-refractivity contribution in [3.05, 3.63) is 35.8 Å². The fourth-order valence-corrected chi connectivity index (χ4v) is 1.19. The molecule has 0 saturated heterocycles. The van der Waals surface area contributed by atoms with Crippen molar-refractivity contribution in [1.29, 1.82) is 0 Å². The Bertz CT molecular complexity index is 506. The van der Waals surface area contributed by atoms with E-state index in [-0.39, 0.29) is 11.4 Å². The molecular weight excluding hydrogens is 196 g/mol. The Labute approximate surface area is 85.2 Å². The van der Waals surface area contributed by atoms with E-state index in [2.05, 4.69) is 15.3 Å². The minimum absolute atomic E-state index is 0.0769. The summed E-state index contributed by atoms with van der Waals surface area (Å²) in [7, 11) is 0. The molecular formula is C9H8N4O2. The van der Waals surface area contributed by atoms with Crippen LogP contribution in [-0.2, 0) is 0 Å². The summed E-state index contributed by atoms with van der Waals surface area (Å²) >= 11 is 0. The van der Waals surface area contributed by atoms with Crippen molar-refractivity contribution in [2.75, 3.05) is 0 Å². The van der Waals surface area contributed by atoms with Crippen molar-refractivity contribution in [3.8, 4) is 5.82 Å². The number of carbonyl (C=O) groups is 1. The van der Waals surface area contributed by atoms with E-state index in [1.807, 2.05) is 6.92 Å². The lowest BCUT2D eigenvalue weighted by Gasteiger charge is -2.02. The van der Waals surface area contributed by atoms with Crippen LogP contribution in [0, 0.1) is 6.92 Å². The zero-order valence-electron chi connectivity index (χ0n) is 7.95. The topological polar surface area (TPSA) is 80.9 Å². The minimum atomic E-state index is -1.05. The smallest absolute Gasteiger partial charge is 0.339 e. The van der Waals surface area contributed by atoms with Crippen LogP contribution >= 0.6 is 0 Å². The molecule has 0 radical (unpaired) electrons. The van der Waals surface area contributed by atoms with Crippen molar-refractivity contribution in [2.24, 2.45) is 0 Å². The molecule has 2 aromatic heterocycles. The first-order chi connectivity index (χ1) is 7.18. The van der Waals surface area contributed by atoms with Crippen LogP contribution in [0.2, 0.25) is 0 Å². The van der Waals surface area contributed by atoms with Gasteiger partial charge in [0.2, 0.25) is 0 Å². The van der Waals surface area contributed by atoms with Gasteiger partial charge < -0.3 is 5.11 Å². The number of aromatic carboxylic acids is 1. The maximum atomic E-state index is 10.9. The van der Waals surface area contributed by atoms with Crippen LogP contribution in [0.4, 0.5) is 0 Å². The van der Waals surface area contributed by atoms with Crippen LogP contribution in [-0.4, -0.2) is 31.1 Å². The summed E-state index contributed by atoms with van der Waals surface area (Å²) in [5, 5.41) is 20.4. The van der Waals surface area contributed by atoms with Crippen molar-refractivity contribution >= 4 is 5.97 Å². The van der Waals surface area contributed by atoms with Crippen LogP contribution in [0.15, 0.2) is 24.5 Å². The quantitative estimate of drug-likeness (QED) is 0.777. The van der Waals surface area contributed by atoms with Gasteiger partial charge in [-0.3, -0.25) is 0 Å². The van der Waals surface area contributed by atoms with Gasteiger partial charge in [0.15, 0.2) is 5.82 Å². The van der Waals surface area contributed by atoms with E-state index in [0.717, 1.165) is 5.69 Å². The molecule has 0 aromatic carbocycles. The molecule has 2 rings (SSSR count). The summed E-state index contributed by atoms with van der Waals surface area (Å²) in [4.78, 5) is 10.9. The average molecular weight is 204 g/mol. The molecule has 2 aromatic rings. The molecule has 0 bridgehead atoms. The molecule has 0 fully saturated rings. The Hall–Kier alpha value is -2.24. The molecule has 0 saturated carbocycles. The third kappa shape index (κ3) is 1.69. The normalized spacial score (nSPS) is 10.2. The van der Waals surface area contributed by atoms with E-state index in [4.69, 9.17) is 5.11 Å². The highest BCUT2D eigenvalue weighted by molar-refractivity contribution is 5.90. The molecule has 0 aliphatic rings. The molecule has 0 amide bonds. The molecule has 2 heterocycles. The Kier molecular flexibility index (Phi) is 2.17. The van der Waals surface area contributed by atoms with Crippen LogP contribution in [0.3, 0.4) is 0 Å². The summed E-state index contributed by atoms with van der Waals surface area (Å²) in [5.74, 6) is -0.828. The van der Waals surface area contributed by atoms with E-state index in [1.54, 1.807) is 12.3 Å². The third-order valence-corrected chi connectivity index (χ3v) is 1.87. The molecule has 0 aliphatic carbocycles. The third-order valence-electron chi connectivity index (χ3n) is 1.87. The summed E-state index contributed by atoms with van der Waals surface area (Å²) in [6.07, 6.45) is 2.98. The molecule has 0 spiro atoms. The molecule has 15 heavy (non-hydrogen) atoms. The zero-order chi connectivity index (χ0) is 10.8. The van der Waals surface area contributed by atoms with Gasteiger partial charge >= 0.3 is 5.97 Å². The van der Waals surface area contributed by atoms with Gasteiger partial charge in [-0.15, -0.1) is 5.10 Å². The van der Waals surface area contributed by atoms with Gasteiger partial charge in [-0.1, -0.05) is 0 Å². The molecule has 0 unspecified atom stereocenters. The predicted molar refractivity (Wildman–Crippen MR) is 50.9 cm³/mol. The number of aromatic nitrogens is 4. The maximum absolute atomic E-state index is 10.9. The Morgan fingerprint density at radius 2 is 2.27 bits per heavy atom. The fourth-order valence-electron chi connectivity index (χ4n) is 1.19. The first-order valence-corrected chi connectivity index (χ1v) is 4.26. The standard InChI is InChI=1S/C9H8N4O2/c1-6-3-5-13(12-6)8-7(9(14)15)2-4-10-11-8/h2-5H,1H3,(H,14,15). The highest BCUT2D eigenvalue weighted by Gasteiger charge is 2.13. The van der Waals surface area contributed by atoms with Crippen molar-refractivity contribution < 1.29 is 9.90 Å². The number of carboxylic acid groups (broad SMARTS) is 1. The van der Waals surface area contributed by atoms with E-state index in [0.29, 0.717) is 0 Å². The van der Waals surface area contributed by atoms with Gasteiger partial charge in [0, 0.05) is 6.20 Å². The highest BCUT2D eigenvalue weighted by atomic mass is 16.4. The highest BCUT2D eigenvalue weighted by Crippen LogP contribution is 2.09. The molecule has 0 aliphatic heterocycles. The zero-order valence-corrected chi connectivity index (χ0v) is 7.95. The molecule has 6 heteroatoms. The lowest BCUT2D eigenvalue weighted by atomic mass is 10.3. The van der Waals surface area contributed by atoms with E-state index in [9.17, 15) is 4.79 Å². The summed E-state index contributed by atoms with van der Waals surface area (Å²) < 4.78 is 1.39. The van der Waals surface area contributed by atoms with Gasteiger partial charge in [-0.05, 0) is 19.1 Å². The van der Waals surface area contributed by atoms with Crippen molar-refractivity contribution in [2.45, 2.75) is 6.92 Å². The summed E-state index contributed by atoms with van der Waals surface area (Å²) in [6, 6.07) is 3.15. The SMILES string of the molecule is Cc1ccn(-c2nnccc2C(=O)O)n1. The second kappa shape index (κ2) is 3.49. The predicted octanol–water partition coefficient (Wildman–Crippen LogP) is 0.669. The van der Waals surface area contributed by atoms with Crippen LogP contribution in [0.5, 0.6) is 0 Å². The number of aryl methyl sites for hydroxylation is 1. The molecule has 6 nitrogen and oxygen atoms in total. The second-order valence-corrected chi connectivity index (χ2v) is 2.98. The van der Waals surface area contributed by atoms with Gasteiger partial charge in [0.25, 0.3) is 0 Å². The lowest BCUT2D eigenvalue weighted by Crippen LogP contribution is -2.09. The van der Waals surface area contributed by atoms with Crippen LogP contribution in [0.25, 0.3) is 5.82 Å². The molecule has 1 N–H and O–H groups in total. The van der Waals surface area contributed by atoms with E-state index in [1.165, 1.54) is 16.9 Å². The van der Waals surface area contributed by atoms with Gasteiger partial charge in [-0.2, -0.15) is 10.2 Å². The summed E-state index contributed by atoms with van der Waals surface area (Å²) in [6.45, 7) is 1.81. The van der Waals surface area contributed by atoms with Crippen LogP contribution < -0.4 is 0 Å². The first kappa shape index (κ1) is 9.32. The number of hydrogen-bond donors (Lipinski definition) is 1. The molecule has 76 valence electrons. The number of rotatable bonds is 2. The first-order valence-electron chi connectivity index (χ1n) is 4.26. The average Bonchev–Trinajstić information content (AvgIpc) is 2.65. The van der Waals surface area contributed by atoms with Crippen LogP contribution in [0.1, 0.15) is 16.1 Å². The maximum Gasteiger partial charge on any atom is 0.339 e. The number of nitrogens with zero attached hydrogens (tertiary/aromatic N) is 4. The van der Waals surface area contributed by atoms with E-state index < -0.39 is 5.97 Å². The molecule has 0 atom stereocenters. The van der Waals surface area contributed by atoms with E-state index >= 15 is 0 Å². The Morgan fingerprint density at radius 1 is 1.47 bits per heavy atom. The van der Waals surface area contributed by atoms with Gasteiger partial charge in [-0.25, -0.2) is 9.48 Å². The minimum Gasteiger partial charge on any atom is -0.478 e.